The van der Waals surface area contributed by atoms with Crippen LogP contribution in [0.5, 0.6) is 5.75 Å². The van der Waals surface area contributed by atoms with Crippen molar-refractivity contribution in [3.63, 3.8) is 0 Å². The summed E-state index contributed by atoms with van der Waals surface area (Å²) < 4.78 is 37.2. The molecule has 2 aliphatic heterocycles. The first-order valence-electron chi connectivity index (χ1n) is 12.4. The molecule has 37 heavy (non-hydrogen) atoms. The van der Waals surface area contributed by atoms with E-state index in [4.69, 9.17) is 16.3 Å². The molecule has 12 heteroatoms. The van der Waals surface area contributed by atoms with E-state index in [1.165, 1.54) is 28.1 Å². The van der Waals surface area contributed by atoms with Crippen molar-refractivity contribution in [3.8, 4) is 17.0 Å². The molecule has 1 fully saturated rings. The summed E-state index contributed by atoms with van der Waals surface area (Å²) in [4.78, 5) is 31.2. The molecule has 5 rings (SSSR count). The predicted molar refractivity (Wildman–Crippen MR) is 143 cm³/mol. The minimum absolute atomic E-state index is 0.110. The summed E-state index contributed by atoms with van der Waals surface area (Å²) in [6.45, 7) is 5.89. The Morgan fingerprint density at radius 3 is 2.70 bits per heavy atom. The third-order valence-electron chi connectivity index (χ3n) is 7.02. The van der Waals surface area contributed by atoms with Crippen molar-refractivity contribution in [1.82, 2.24) is 23.3 Å². The van der Waals surface area contributed by atoms with Gasteiger partial charge >= 0.3 is 5.69 Å². The van der Waals surface area contributed by atoms with E-state index < -0.39 is 21.3 Å². The van der Waals surface area contributed by atoms with Crippen molar-refractivity contribution < 1.29 is 13.2 Å². The maximum Gasteiger partial charge on any atom is 0.331 e. The largest absolute Gasteiger partial charge is 0.493 e. The van der Waals surface area contributed by atoms with Gasteiger partial charge in [-0.25, -0.2) is 13.2 Å². The van der Waals surface area contributed by atoms with Gasteiger partial charge in [0, 0.05) is 44.8 Å². The molecule has 1 aromatic carbocycles. The van der Waals surface area contributed by atoms with Crippen LogP contribution >= 0.6 is 11.6 Å². The molecule has 0 unspecified atom stereocenters. The number of rotatable bonds is 7. The third-order valence-corrected chi connectivity index (χ3v) is 9.25. The lowest BCUT2D eigenvalue weighted by atomic mass is 10.1. The standard InChI is InChI=1S/C25H30ClN5O5S/c1-4-10-31-23-20(26)21(27-22(23)24(32)28(3)25(31)33)18-14-17(8-9-19(18)36-5-2)37(34,35)30-13-12-29-11-6-7-16(29)15-30/h6,8-9,11,14,16,27H,4-5,7,10,12-13,15H2,1-3H3/t16-/m0/s1. The van der Waals surface area contributed by atoms with Crippen LogP contribution in [0.1, 0.15) is 26.7 Å². The summed E-state index contributed by atoms with van der Waals surface area (Å²) in [7, 11) is -2.38. The average Bonchev–Trinajstić information content (AvgIpc) is 3.49. The molecule has 0 saturated carbocycles. The summed E-state index contributed by atoms with van der Waals surface area (Å²) in [6.07, 6.45) is 5.57. The van der Waals surface area contributed by atoms with Gasteiger partial charge in [-0.1, -0.05) is 24.6 Å². The molecule has 0 spiro atoms. The highest BCUT2D eigenvalue weighted by Gasteiger charge is 2.35. The van der Waals surface area contributed by atoms with Gasteiger partial charge in [0.25, 0.3) is 5.56 Å². The summed E-state index contributed by atoms with van der Waals surface area (Å²) >= 11 is 6.81. The number of hydrogen-bond acceptors (Lipinski definition) is 6. The summed E-state index contributed by atoms with van der Waals surface area (Å²) in [5.74, 6) is 0.418. The normalized spacial score (nSPS) is 18.1. The molecule has 2 aromatic heterocycles. The van der Waals surface area contributed by atoms with Crippen LogP contribution in [-0.4, -0.2) is 64.0 Å². The Labute approximate surface area is 219 Å². The summed E-state index contributed by atoms with van der Waals surface area (Å²) in [5.41, 5.74) is 0.236. The van der Waals surface area contributed by atoms with Gasteiger partial charge in [0.15, 0.2) is 0 Å². The lowest BCUT2D eigenvalue weighted by Crippen LogP contribution is -2.51. The fourth-order valence-corrected chi connectivity index (χ4v) is 6.98. The van der Waals surface area contributed by atoms with Crippen LogP contribution in [0.15, 0.2) is 45.0 Å². The zero-order valence-electron chi connectivity index (χ0n) is 21.0. The molecule has 2 aliphatic rings. The Morgan fingerprint density at radius 2 is 1.97 bits per heavy atom. The molecule has 198 valence electrons. The quantitative estimate of drug-likeness (QED) is 0.487. The Bertz CT molecular complexity index is 1620. The Hall–Kier alpha value is -3.02. The van der Waals surface area contributed by atoms with Crippen molar-refractivity contribution in [3.05, 3.63) is 56.3 Å². The second-order valence-electron chi connectivity index (χ2n) is 9.30. The van der Waals surface area contributed by atoms with Crippen molar-refractivity contribution in [2.45, 2.75) is 44.2 Å². The van der Waals surface area contributed by atoms with E-state index in [9.17, 15) is 18.0 Å². The number of sulfonamides is 1. The summed E-state index contributed by atoms with van der Waals surface area (Å²) in [6, 6.07) is 4.81. The predicted octanol–water partition coefficient (Wildman–Crippen LogP) is 2.75. The molecule has 0 radical (unpaired) electrons. The fraction of sp³-hybridized carbons (Fsp3) is 0.440. The highest BCUT2D eigenvalue weighted by atomic mass is 35.5. The number of halogens is 1. The van der Waals surface area contributed by atoms with Crippen LogP contribution in [0, 0.1) is 0 Å². The van der Waals surface area contributed by atoms with E-state index in [0.29, 0.717) is 61.7 Å². The highest BCUT2D eigenvalue weighted by Crippen LogP contribution is 2.39. The minimum atomic E-state index is -3.80. The van der Waals surface area contributed by atoms with Crippen LogP contribution in [-0.2, 0) is 23.6 Å². The first-order valence-corrected chi connectivity index (χ1v) is 14.2. The van der Waals surface area contributed by atoms with Crippen LogP contribution in [0.3, 0.4) is 0 Å². The maximum absolute atomic E-state index is 13.7. The number of H-pyrrole nitrogens is 1. The molecule has 1 atom stereocenters. The van der Waals surface area contributed by atoms with Crippen LogP contribution in [0.25, 0.3) is 22.3 Å². The molecule has 1 N–H and O–H groups in total. The van der Waals surface area contributed by atoms with Crippen molar-refractivity contribution in [1.29, 1.82) is 0 Å². The van der Waals surface area contributed by atoms with Gasteiger partial charge in [-0.2, -0.15) is 4.31 Å². The molecule has 10 nitrogen and oxygen atoms in total. The van der Waals surface area contributed by atoms with Gasteiger partial charge in [0.05, 0.1) is 27.7 Å². The van der Waals surface area contributed by atoms with E-state index in [1.54, 1.807) is 6.07 Å². The molecular weight excluding hydrogens is 518 g/mol. The van der Waals surface area contributed by atoms with Gasteiger partial charge in [0.2, 0.25) is 10.0 Å². The number of nitrogens with zero attached hydrogens (tertiary/aromatic N) is 4. The lowest BCUT2D eigenvalue weighted by molar-refractivity contribution is 0.184. The van der Waals surface area contributed by atoms with Crippen molar-refractivity contribution in [2.24, 2.45) is 7.05 Å². The first-order chi connectivity index (χ1) is 17.7. The minimum Gasteiger partial charge on any atom is -0.493 e. The van der Waals surface area contributed by atoms with Crippen molar-refractivity contribution >= 4 is 32.7 Å². The van der Waals surface area contributed by atoms with E-state index in [2.05, 4.69) is 16.0 Å². The second-order valence-corrected chi connectivity index (χ2v) is 11.6. The average molecular weight is 548 g/mol. The number of aromatic nitrogens is 3. The Kier molecular flexibility index (Phi) is 6.71. The number of piperazine rings is 1. The van der Waals surface area contributed by atoms with E-state index in [1.807, 2.05) is 20.0 Å². The number of aromatic amines is 1. The topological polar surface area (TPSA) is 110 Å². The van der Waals surface area contributed by atoms with Crippen LogP contribution in [0.2, 0.25) is 5.02 Å². The number of benzene rings is 1. The number of aryl methyl sites for hydroxylation is 1. The molecular formula is C25H30ClN5O5S. The van der Waals surface area contributed by atoms with Gasteiger partial charge < -0.3 is 14.6 Å². The Morgan fingerprint density at radius 1 is 1.19 bits per heavy atom. The molecule has 3 aromatic rings. The van der Waals surface area contributed by atoms with Crippen molar-refractivity contribution in [2.75, 3.05) is 26.2 Å². The fourth-order valence-electron chi connectivity index (χ4n) is 5.14. The second kappa shape index (κ2) is 9.70. The highest BCUT2D eigenvalue weighted by molar-refractivity contribution is 7.89. The number of fused-ring (bicyclic) bond motifs is 2. The molecule has 0 amide bonds. The van der Waals surface area contributed by atoms with Gasteiger partial charge in [-0.3, -0.25) is 13.9 Å². The number of nitrogens with one attached hydrogen (secondary N) is 1. The molecule has 0 aliphatic carbocycles. The summed E-state index contributed by atoms with van der Waals surface area (Å²) in [5, 5.41) is 0.166. The maximum atomic E-state index is 13.7. The number of ether oxygens (including phenoxy) is 1. The third kappa shape index (κ3) is 4.18. The first kappa shape index (κ1) is 25.6. The molecule has 0 bridgehead atoms. The van der Waals surface area contributed by atoms with E-state index in [0.717, 1.165) is 11.0 Å². The van der Waals surface area contributed by atoms with Gasteiger partial charge in [0.1, 0.15) is 11.3 Å². The smallest absolute Gasteiger partial charge is 0.331 e. The van der Waals surface area contributed by atoms with Crippen LogP contribution < -0.4 is 16.0 Å². The number of hydrogen-bond donors (Lipinski definition) is 1. The van der Waals surface area contributed by atoms with Gasteiger partial charge in [-0.15, -0.1) is 0 Å². The Balaban J connectivity index is 1.66. The monoisotopic (exact) mass is 547 g/mol. The zero-order chi connectivity index (χ0) is 26.5. The van der Waals surface area contributed by atoms with Crippen LogP contribution in [0.4, 0.5) is 0 Å². The van der Waals surface area contributed by atoms with E-state index >= 15 is 0 Å². The SMILES string of the molecule is CCCn1c(=O)n(C)c(=O)c2[nH]c(-c3cc(S(=O)(=O)N4CCN5C=CC[C@H]5C4)ccc3OCC)c(Cl)c21. The molecule has 4 heterocycles. The van der Waals surface area contributed by atoms with E-state index in [-0.39, 0.29) is 21.5 Å². The zero-order valence-corrected chi connectivity index (χ0v) is 22.6. The van der Waals surface area contributed by atoms with Gasteiger partial charge in [-0.05, 0) is 44.2 Å². The molecule has 1 saturated heterocycles. The lowest BCUT2D eigenvalue weighted by Gasteiger charge is -2.37.